The maximum atomic E-state index is 15.2. The van der Waals surface area contributed by atoms with Gasteiger partial charge in [0.05, 0.1) is 12.1 Å². The zero-order valence-corrected chi connectivity index (χ0v) is 30.1. The summed E-state index contributed by atoms with van der Waals surface area (Å²) in [4.78, 5) is 2.16. The number of ether oxygens (including phenoxy) is 2. The van der Waals surface area contributed by atoms with Crippen LogP contribution in [0.15, 0.2) is 144 Å². The molecular formula is C40H38N2O6S3. The van der Waals surface area contributed by atoms with Crippen LogP contribution in [-0.4, -0.2) is 64.7 Å². The summed E-state index contributed by atoms with van der Waals surface area (Å²) in [6.45, 7) is -0.504. The van der Waals surface area contributed by atoms with E-state index in [4.69, 9.17) is 9.47 Å². The topological polar surface area (TPSA) is 99.5 Å². The highest BCUT2D eigenvalue weighted by Crippen LogP contribution is 2.33. The number of nitrogens with zero attached hydrogens (tertiary/aromatic N) is 2. The van der Waals surface area contributed by atoms with Crippen LogP contribution < -0.4 is 9.47 Å². The molecule has 4 atom stereocenters. The Morgan fingerprint density at radius 1 is 0.549 bits per heavy atom. The summed E-state index contributed by atoms with van der Waals surface area (Å²) in [5, 5.41) is 27.9. The summed E-state index contributed by atoms with van der Waals surface area (Å²) in [5.41, 5.74) is 3.44. The molecule has 51 heavy (non-hydrogen) atoms. The van der Waals surface area contributed by atoms with Crippen LogP contribution in [0.4, 0.5) is 0 Å². The van der Waals surface area contributed by atoms with Gasteiger partial charge in [-0.2, -0.15) is 17.0 Å². The van der Waals surface area contributed by atoms with E-state index in [1.807, 2.05) is 120 Å². The van der Waals surface area contributed by atoms with E-state index >= 15 is 8.42 Å². The predicted octanol–water partition coefficient (Wildman–Crippen LogP) is 7.32. The third-order valence-corrected chi connectivity index (χ3v) is 12.8. The molecule has 0 aliphatic carbocycles. The van der Waals surface area contributed by atoms with Gasteiger partial charge in [-0.1, -0.05) is 91.0 Å². The van der Waals surface area contributed by atoms with Gasteiger partial charge in [0.15, 0.2) is 0 Å². The number of hydrogen-bond acceptors (Lipinski definition) is 8. The molecule has 0 amide bonds. The summed E-state index contributed by atoms with van der Waals surface area (Å²) < 4.78 is 45.1. The highest BCUT2D eigenvalue weighted by atomic mass is 32.2. The van der Waals surface area contributed by atoms with Gasteiger partial charge in [0.2, 0.25) is 0 Å². The number of thiophene rings is 2. The SMILES string of the molecule is O=S1(=O)N(Cc2ccc(-c3cccs3)cc2)[C@H](COc2ccccc2)[C@H](O)[C@@H](O)[C@@H](COc2ccccc2)N1Cc1cccc(-c2cccs2)c1. The third-order valence-electron chi connectivity index (χ3n) is 8.97. The number of para-hydroxylation sites is 2. The molecule has 2 aromatic heterocycles. The van der Waals surface area contributed by atoms with Gasteiger partial charge in [-0.25, -0.2) is 0 Å². The first-order valence-corrected chi connectivity index (χ1v) is 19.8. The van der Waals surface area contributed by atoms with Crippen LogP contribution in [0.3, 0.4) is 0 Å². The van der Waals surface area contributed by atoms with Crippen LogP contribution in [0.1, 0.15) is 11.1 Å². The van der Waals surface area contributed by atoms with Crippen LogP contribution in [-0.2, 0) is 23.3 Å². The summed E-state index contributed by atoms with van der Waals surface area (Å²) >= 11 is 3.23. The van der Waals surface area contributed by atoms with Crippen LogP contribution >= 0.6 is 22.7 Å². The molecule has 0 radical (unpaired) electrons. The average Bonchev–Trinajstić information content (AvgIpc) is 3.90. The normalized spacial score (nSPS) is 20.8. The first-order chi connectivity index (χ1) is 24.9. The highest BCUT2D eigenvalue weighted by molar-refractivity contribution is 7.86. The molecule has 8 nitrogen and oxygen atoms in total. The number of rotatable bonds is 12. The van der Waals surface area contributed by atoms with Crippen molar-refractivity contribution in [2.45, 2.75) is 37.4 Å². The summed E-state index contributed by atoms with van der Waals surface area (Å²) in [5.74, 6) is 1.04. The van der Waals surface area contributed by atoms with Crippen LogP contribution in [0.25, 0.3) is 20.9 Å². The molecule has 262 valence electrons. The van der Waals surface area contributed by atoms with Crippen molar-refractivity contribution in [3.05, 3.63) is 155 Å². The largest absolute Gasteiger partial charge is 0.492 e. The quantitative estimate of drug-likeness (QED) is 0.137. The molecule has 3 heterocycles. The molecular weight excluding hydrogens is 701 g/mol. The molecule has 6 aromatic rings. The van der Waals surface area contributed by atoms with Crippen molar-refractivity contribution in [2.24, 2.45) is 0 Å². The van der Waals surface area contributed by atoms with E-state index in [1.54, 1.807) is 46.9 Å². The van der Waals surface area contributed by atoms with E-state index in [1.165, 1.54) is 8.61 Å². The molecule has 1 aliphatic rings. The van der Waals surface area contributed by atoms with E-state index in [2.05, 4.69) is 0 Å². The fourth-order valence-electron chi connectivity index (χ4n) is 6.27. The number of hydrogen-bond donors (Lipinski definition) is 2. The molecule has 1 saturated heterocycles. The van der Waals surface area contributed by atoms with Gasteiger partial charge < -0.3 is 19.7 Å². The lowest BCUT2D eigenvalue weighted by Gasteiger charge is -2.34. The minimum absolute atomic E-state index is 0.0579. The van der Waals surface area contributed by atoms with Crippen molar-refractivity contribution < 1.29 is 28.1 Å². The predicted molar refractivity (Wildman–Crippen MR) is 203 cm³/mol. The Hall–Kier alpha value is -4.33. The Balaban J connectivity index is 1.28. The maximum absolute atomic E-state index is 15.2. The monoisotopic (exact) mass is 738 g/mol. The smallest absolute Gasteiger partial charge is 0.283 e. The molecule has 1 aliphatic heterocycles. The lowest BCUT2D eigenvalue weighted by molar-refractivity contribution is -0.0565. The first-order valence-electron chi connectivity index (χ1n) is 16.6. The second-order valence-corrected chi connectivity index (χ2v) is 16.0. The van der Waals surface area contributed by atoms with Crippen LogP contribution in [0, 0.1) is 0 Å². The Morgan fingerprint density at radius 3 is 1.57 bits per heavy atom. The van der Waals surface area contributed by atoms with Crippen LogP contribution in [0.5, 0.6) is 11.5 Å². The Bertz CT molecular complexity index is 2080. The Labute approximate surface area is 306 Å². The molecule has 0 saturated carbocycles. The van der Waals surface area contributed by atoms with Crippen molar-refractivity contribution in [2.75, 3.05) is 13.2 Å². The summed E-state index contributed by atoms with van der Waals surface area (Å²) in [6, 6.07) is 39.3. The van der Waals surface area contributed by atoms with E-state index < -0.39 is 34.5 Å². The molecule has 7 rings (SSSR count). The maximum Gasteiger partial charge on any atom is 0.283 e. The molecule has 0 bridgehead atoms. The number of aliphatic hydroxyl groups is 2. The van der Waals surface area contributed by atoms with Gasteiger partial charge >= 0.3 is 0 Å². The van der Waals surface area contributed by atoms with Gasteiger partial charge in [-0.05, 0) is 75.5 Å². The minimum Gasteiger partial charge on any atom is -0.492 e. The van der Waals surface area contributed by atoms with E-state index in [-0.39, 0.29) is 26.3 Å². The summed E-state index contributed by atoms with van der Waals surface area (Å²) in [7, 11) is -4.40. The average molecular weight is 739 g/mol. The van der Waals surface area contributed by atoms with E-state index in [0.29, 0.717) is 11.5 Å². The molecule has 0 spiro atoms. The van der Waals surface area contributed by atoms with Gasteiger partial charge in [0.25, 0.3) is 10.2 Å². The summed E-state index contributed by atoms with van der Waals surface area (Å²) in [6.07, 6.45) is -3.03. The van der Waals surface area contributed by atoms with Gasteiger partial charge in [-0.15, -0.1) is 22.7 Å². The minimum atomic E-state index is -4.40. The lowest BCUT2D eigenvalue weighted by atomic mass is 9.98. The van der Waals surface area contributed by atoms with Crippen molar-refractivity contribution >= 4 is 32.9 Å². The van der Waals surface area contributed by atoms with E-state index in [0.717, 1.165) is 32.0 Å². The standard InChI is InChI=1S/C40H38N2O6S3/c43-39-35(27-47-33-12-3-1-4-13-33)41(25-29-18-20-31(21-19-29)37-16-8-22-49-37)51(45,46)42(36(40(39)44)28-48-34-14-5-2-6-15-34)26-30-10-7-11-32(24-30)38-17-9-23-50-38/h1-24,35-36,39-40,43-44H,25-28H2/t35-,36-,39+,40+/m1/s1. The second kappa shape index (κ2) is 15.9. The van der Waals surface area contributed by atoms with E-state index in [9.17, 15) is 10.2 Å². The van der Waals surface area contributed by atoms with Gasteiger partial charge in [0, 0.05) is 22.8 Å². The lowest BCUT2D eigenvalue weighted by Crippen LogP contribution is -2.52. The van der Waals surface area contributed by atoms with Crippen molar-refractivity contribution in [1.29, 1.82) is 0 Å². The first kappa shape index (κ1) is 35.1. The highest BCUT2D eigenvalue weighted by Gasteiger charge is 2.51. The molecule has 0 unspecified atom stereocenters. The van der Waals surface area contributed by atoms with Crippen molar-refractivity contribution in [1.82, 2.24) is 8.61 Å². The molecule has 1 fully saturated rings. The Kier molecular flexibility index (Phi) is 11.0. The molecule has 2 N–H and O–H groups in total. The van der Waals surface area contributed by atoms with Crippen molar-refractivity contribution in [3.63, 3.8) is 0 Å². The van der Waals surface area contributed by atoms with Crippen LogP contribution in [0.2, 0.25) is 0 Å². The number of aliphatic hydroxyl groups excluding tert-OH is 2. The Morgan fingerprint density at radius 2 is 1.06 bits per heavy atom. The third kappa shape index (κ3) is 8.10. The van der Waals surface area contributed by atoms with Gasteiger partial charge in [-0.3, -0.25) is 0 Å². The second-order valence-electron chi connectivity index (χ2n) is 12.3. The fraction of sp³-hybridized carbons (Fsp3) is 0.200. The number of benzene rings is 4. The molecule has 4 aromatic carbocycles. The molecule has 11 heteroatoms. The zero-order chi connectivity index (χ0) is 35.2. The van der Waals surface area contributed by atoms with Gasteiger partial charge in [0.1, 0.15) is 36.9 Å². The fourth-order valence-corrected chi connectivity index (χ4v) is 9.68. The zero-order valence-electron chi connectivity index (χ0n) is 27.6. The van der Waals surface area contributed by atoms with Crippen molar-refractivity contribution in [3.8, 4) is 32.4 Å².